The molecule has 2 heterocycles. The average molecular weight is 340 g/mol. The number of halogens is 1. The van der Waals surface area contributed by atoms with E-state index in [2.05, 4.69) is 17.4 Å². The third-order valence-corrected chi connectivity index (χ3v) is 5.39. The highest BCUT2D eigenvalue weighted by molar-refractivity contribution is 5.79. The first-order valence-corrected chi connectivity index (χ1v) is 8.66. The summed E-state index contributed by atoms with van der Waals surface area (Å²) in [6, 6.07) is 14.3. The highest BCUT2D eigenvalue weighted by atomic mass is 19.1. The number of amides is 1. The summed E-state index contributed by atoms with van der Waals surface area (Å²) in [5.41, 5.74) is 1.74. The normalized spacial score (nSPS) is 25.2. The van der Waals surface area contributed by atoms with E-state index in [1.165, 1.54) is 12.1 Å². The van der Waals surface area contributed by atoms with Gasteiger partial charge in [-0.15, -0.1) is 0 Å². The van der Waals surface area contributed by atoms with Gasteiger partial charge in [0.05, 0.1) is 12.5 Å². The molecule has 130 valence electrons. The van der Waals surface area contributed by atoms with Crippen LogP contribution in [0.15, 0.2) is 48.5 Å². The number of rotatable bonds is 3. The predicted molar refractivity (Wildman–Crippen MR) is 92.5 cm³/mol. The van der Waals surface area contributed by atoms with E-state index < -0.39 is 5.82 Å². The van der Waals surface area contributed by atoms with Crippen molar-refractivity contribution in [3.63, 3.8) is 0 Å². The largest absolute Gasteiger partial charge is 0.505 e. The molecule has 0 spiro atoms. The lowest BCUT2D eigenvalue weighted by atomic mass is 9.89. The Morgan fingerprint density at radius 2 is 2.00 bits per heavy atom. The van der Waals surface area contributed by atoms with Crippen LogP contribution in [-0.2, 0) is 11.2 Å². The van der Waals surface area contributed by atoms with Gasteiger partial charge in [-0.25, -0.2) is 4.39 Å². The second-order valence-corrected chi connectivity index (χ2v) is 6.95. The lowest BCUT2D eigenvalue weighted by molar-refractivity contribution is -0.131. The zero-order valence-electron chi connectivity index (χ0n) is 13.9. The molecule has 2 N–H and O–H groups in total. The monoisotopic (exact) mass is 340 g/mol. The van der Waals surface area contributed by atoms with Gasteiger partial charge in [0, 0.05) is 25.6 Å². The summed E-state index contributed by atoms with van der Waals surface area (Å²) in [5, 5.41) is 12.7. The van der Waals surface area contributed by atoms with Crippen LogP contribution in [0.3, 0.4) is 0 Å². The van der Waals surface area contributed by atoms with Crippen LogP contribution in [-0.4, -0.2) is 35.5 Å². The van der Waals surface area contributed by atoms with Crippen LogP contribution >= 0.6 is 0 Å². The Kier molecular flexibility index (Phi) is 4.17. The summed E-state index contributed by atoms with van der Waals surface area (Å²) in [4.78, 5) is 14.9. The van der Waals surface area contributed by atoms with Crippen molar-refractivity contribution < 1.29 is 14.3 Å². The SMILES string of the molecule is O=C(Cc1ccc(O)c(F)c1)N1C[C@@H]2CNC[C@@H]2[C@@H]1c1ccccc1. The van der Waals surface area contributed by atoms with Gasteiger partial charge in [0.2, 0.25) is 5.91 Å². The zero-order valence-corrected chi connectivity index (χ0v) is 13.9. The van der Waals surface area contributed by atoms with Crippen molar-refractivity contribution >= 4 is 5.91 Å². The van der Waals surface area contributed by atoms with Gasteiger partial charge in [-0.05, 0) is 29.2 Å². The van der Waals surface area contributed by atoms with Crippen molar-refractivity contribution in [1.29, 1.82) is 0 Å². The fourth-order valence-electron chi connectivity index (χ4n) is 4.19. The number of hydrogen-bond donors (Lipinski definition) is 2. The molecule has 2 aliphatic heterocycles. The molecule has 0 saturated carbocycles. The molecule has 0 aliphatic carbocycles. The smallest absolute Gasteiger partial charge is 0.227 e. The fraction of sp³-hybridized carbons (Fsp3) is 0.350. The van der Waals surface area contributed by atoms with Gasteiger partial charge in [0.25, 0.3) is 0 Å². The van der Waals surface area contributed by atoms with E-state index in [-0.39, 0.29) is 24.1 Å². The van der Waals surface area contributed by atoms with Crippen molar-refractivity contribution in [2.75, 3.05) is 19.6 Å². The van der Waals surface area contributed by atoms with Gasteiger partial charge in [-0.2, -0.15) is 0 Å². The summed E-state index contributed by atoms with van der Waals surface area (Å²) >= 11 is 0. The third-order valence-electron chi connectivity index (χ3n) is 5.39. The number of fused-ring (bicyclic) bond motifs is 1. The maximum atomic E-state index is 13.6. The lowest BCUT2D eigenvalue weighted by Gasteiger charge is -2.28. The number of aromatic hydroxyl groups is 1. The summed E-state index contributed by atoms with van der Waals surface area (Å²) in [6.07, 6.45) is 0.146. The topological polar surface area (TPSA) is 52.6 Å². The molecule has 25 heavy (non-hydrogen) atoms. The van der Waals surface area contributed by atoms with Gasteiger partial charge in [-0.3, -0.25) is 4.79 Å². The molecule has 2 fully saturated rings. The Hall–Kier alpha value is -2.40. The van der Waals surface area contributed by atoms with Gasteiger partial charge < -0.3 is 15.3 Å². The molecule has 1 amide bonds. The van der Waals surface area contributed by atoms with Crippen LogP contribution in [0.25, 0.3) is 0 Å². The van der Waals surface area contributed by atoms with E-state index in [0.717, 1.165) is 25.2 Å². The summed E-state index contributed by atoms with van der Waals surface area (Å²) in [6.45, 7) is 2.59. The van der Waals surface area contributed by atoms with E-state index in [4.69, 9.17) is 0 Å². The number of benzene rings is 2. The maximum absolute atomic E-state index is 13.6. The van der Waals surface area contributed by atoms with E-state index in [1.54, 1.807) is 6.07 Å². The first kappa shape index (κ1) is 16.1. The van der Waals surface area contributed by atoms with E-state index in [9.17, 15) is 14.3 Å². The molecule has 4 nitrogen and oxygen atoms in total. The van der Waals surface area contributed by atoms with E-state index in [1.807, 2.05) is 23.1 Å². The Morgan fingerprint density at radius 3 is 2.76 bits per heavy atom. The molecule has 2 aromatic carbocycles. The second-order valence-electron chi connectivity index (χ2n) is 6.95. The molecule has 4 rings (SSSR count). The fourth-order valence-corrected chi connectivity index (χ4v) is 4.19. The molecule has 3 atom stereocenters. The van der Waals surface area contributed by atoms with E-state index >= 15 is 0 Å². The summed E-state index contributed by atoms with van der Waals surface area (Å²) < 4.78 is 13.6. The summed E-state index contributed by atoms with van der Waals surface area (Å²) in [5.74, 6) is -0.186. The Labute approximate surface area is 146 Å². The van der Waals surface area contributed by atoms with Crippen molar-refractivity contribution in [3.8, 4) is 5.75 Å². The maximum Gasteiger partial charge on any atom is 0.227 e. The number of nitrogens with one attached hydrogen (secondary N) is 1. The standard InChI is InChI=1S/C20H21FN2O2/c21-17-8-13(6-7-18(17)24)9-19(25)23-12-15-10-22-11-16(15)20(23)14-4-2-1-3-5-14/h1-8,15-16,20,22,24H,9-12H2/t15-,16-,20-/m0/s1. The molecule has 2 saturated heterocycles. The predicted octanol–water partition coefficient (Wildman–Crippen LogP) is 2.49. The number of carbonyl (C=O) groups is 1. The minimum absolute atomic E-state index is 0.00772. The van der Waals surface area contributed by atoms with Crippen LogP contribution in [0.4, 0.5) is 4.39 Å². The highest BCUT2D eigenvalue weighted by Crippen LogP contribution is 2.42. The lowest BCUT2D eigenvalue weighted by Crippen LogP contribution is -2.35. The first-order chi connectivity index (χ1) is 12.1. The van der Waals surface area contributed by atoms with Crippen molar-refractivity contribution in [2.45, 2.75) is 12.5 Å². The summed E-state index contributed by atoms with van der Waals surface area (Å²) in [7, 11) is 0. The molecule has 2 aliphatic rings. The third kappa shape index (κ3) is 3.00. The second kappa shape index (κ2) is 6.48. The van der Waals surface area contributed by atoms with Crippen LogP contribution in [0.2, 0.25) is 0 Å². The molecule has 0 unspecified atom stereocenters. The molecule has 0 aromatic heterocycles. The van der Waals surface area contributed by atoms with Gasteiger partial charge >= 0.3 is 0 Å². The number of phenolic OH excluding ortho intramolecular Hbond substituents is 1. The van der Waals surface area contributed by atoms with Crippen LogP contribution in [0, 0.1) is 17.7 Å². The minimum Gasteiger partial charge on any atom is -0.505 e. The molecule has 2 aromatic rings. The van der Waals surface area contributed by atoms with E-state index in [0.29, 0.717) is 17.4 Å². The highest BCUT2D eigenvalue weighted by Gasteiger charge is 2.46. The van der Waals surface area contributed by atoms with Crippen molar-refractivity contribution in [3.05, 3.63) is 65.5 Å². The van der Waals surface area contributed by atoms with Crippen molar-refractivity contribution in [1.82, 2.24) is 10.2 Å². The number of likely N-dealkylation sites (tertiary alicyclic amines) is 1. The first-order valence-electron chi connectivity index (χ1n) is 8.66. The number of hydrogen-bond acceptors (Lipinski definition) is 3. The number of nitrogens with zero attached hydrogens (tertiary/aromatic N) is 1. The Bertz CT molecular complexity index is 781. The van der Waals surface area contributed by atoms with Gasteiger partial charge in [0.1, 0.15) is 0 Å². The molecular formula is C20H21FN2O2. The van der Waals surface area contributed by atoms with Gasteiger partial charge in [-0.1, -0.05) is 36.4 Å². The molecular weight excluding hydrogens is 319 g/mol. The quantitative estimate of drug-likeness (QED) is 0.903. The Balaban J connectivity index is 1.58. The molecule has 0 bridgehead atoms. The van der Waals surface area contributed by atoms with Crippen LogP contribution < -0.4 is 5.32 Å². The van der Waals surface area contributed by atoms with Crippen LogP contribution in [0.5, 0.6) is 5.75 Å². The Morgan fingerprint density at radius 1 is 1.20 bits per heavy atom. The van der Waals surface area contributed by atoms with Crippen molar-refractivity contribution in [2.24, 2.45) is 11.8 Å². The number of phenols is 1. The number of carbonyl (C=O) groups excluding carboxylic acids is 1. The minimum atomic E-state index is -0.688. The van der Waals surface area contributed by atoms with Gasteiger partial charge in [0.15, 0.2) is 11.6 Å². The molecule has 5 heteroatoms. The molecule has 0 radical (unpaired) electrons. The zero-order chi connectivity index (χ0) is 17.4. The van der Waals surface area contributed by atoms with Crippen LogP contribution in [0.1, 0.15) is 17.2 Å². The average Bonchev–Trinajstić information content (AvgIpc) is 3.19.